The summed E-state index contributed by atoms with van der Waals surface area (Å²) in [4.78, 5) is -0.311. The van der Waals surface area contributed by atoms with Gasteiger partial charge in [0.05, 0.1) is 28.5 Å². The fraction of sp³-hybridized carbons (Fsp3) is 0.391. The zero-order valence-corrected chi connectivity index (χ0v) is 22.1. The molecule has 0 bridgehead atoms. The van der Waals surface area contributed by atoms with Gasteiger partial charge in [-0.1, -0.05) is 31.5 Å². The largest absolute Gasteiger partial charge is 0.504 e. The van der Waals surface area contributed by atoms with E-state index in [2.05, 4.69) is 33.2 Å². The predicted octanol–water partition coefficient (Wildman–Crippen LogP) is 4.96. The van der Waals surface area contributed by atoms with Gasteiger partial charge in [0.2, 0.25) is 16.8 Å². The van der Waals surface area contributed by atoms with E-state index in [-0.39, 0.29) is 34.4 Å². The maximum absolute atomic E-state index is 13.2. The molecule has 0 spiro atoms. The standard InChI is InChI=1S/C23H26ClN5O5S2/c1-13(2)19(14-5-8-17-18(11-14)34-12-33-17)26-23-22(27-35-28-23)25-16-7-6-15(24)21(20(16)30)36(31,32)29-9-3-4-10-29/h5-8,11,13,19,30H,3-4,9-10,12H2,1-2H3,(H,25,27)(H,26,28)/t19-/m1/s1. The molecular weight excluding hydrogens is 526 g/mol. The fourth-order valence-corrected chi connectivity index (χ4v) is 6.92. The third kappa shape index (κ3) is 4.65. The first kappa shape index (κ1) is 24.9. The van der Waals surface area contributed by atoms with Crippen LogP contribution < -0.4 is 20.1 Å². The van der Waals surface area contributed by atoms with Crippen LogP contribution in [0.25, 0.3) is 0 Å². The Kier molecular flexibility index (Phi) is 6.86. The molecule has 1 saturated heterocycles. The molecular formula is C23H26ClN5O5S2. The molecule has 0 saturated carbocycles. The molecule has 2 aliphatic heterocycles. The molecule has 13 heteroatoms. The van der Waals surface area contributed by atoms with Crippen molar-refractivity contribution in [3.63, 3.8) is 0 Å². The molecule has 1 atom stereocenters. The van der Waals surface area contributed by atoms with E-state index in [1.807, 2.05) is 18.2 Å². The lowest BCUT2D eigenvalue weighted by atomic mass is 9.95. The monoisotopic (exact) mass is 551 g/mol. The number of hydrogen-bond donors (Lipinski definition) is 3. The number of fused-ring (bicyclic) bond motifs is 1. The number of hydrogen-bond acceptors (Lipinski definition) is 10. The van der Waals surface area contributed by atoms with Crippen LogP contribution in [0.15, 0.2) is 35.2 Å². The lowest BCUT2D eigenvalue weighted by Gasteiger charge is -2.23. The minimum atomic E-state index is -3.94. The zero-order chi connectivity index (χ0) is 25.4. The molecule has 0 amide bonds. The second kappa shape index (κ2) is 9.92. The van der Waals surface area contributed by atoms with Crippen molar-refractivity contribution in [3.8, 4) is 17.2 Å². The minimum absolute atomic E-state index is 0.0395. The fourth-order valence-electron chi connectivity index (χ4n) is 4.33. The quantitative estimate of drug-likeness (QED) is 0.333. The summed E-state index contributed by atoms with van der Waals surface area (Å²) in [6, 6.07) is 8.62. The van der Waals surface area contributed by atoms with Gasteiger partial charge in [-0.25, -0.2) is 8.42 Å². The molecule has 0 radical (unpaired) electrons. The first-order chi connectivity index (χ1) is 17.3. The molecule has 5 rings (SSSR count). The molecule has 0 aliphatic carbocycles. The van der Waals surface area contributed by atoms with Crippen LogP contribution in [-0.2, 0) is 10.0 Å². The maximum Gasteiger partial charge on any atom is 0.248 e. The number of phenolic OH excluding ortho intramolecular Hbond substituents is 1. The third-order valence-electron chi connectivity index (χ3n) is 6.20. The van der Waals surface area contributed by atoms with E-state index in [9.17, 15) is 13.5 Å². The number of phenols is 1. The highest BCUT2D eigenvalue weighted by Crippen LogP contribution is 2.42. The van der Waals surface area contributed by atoms with Crippen molar-refractivity contribution in [2.75, 3.05) is 30.5 Å². The van der Waals surface area contributed by atoms with Gasteiger partial charge < -0.3 is 25.2 Å². The maximum atomic E-state index is 13.2. The van der Waals surface area contributed by atoms with Crippen molar-refractivity contribution in [2.24, 2.45) is 5.92 Å². The van der Waals surface area contributed by atoms with Crippen LogP contribution in [0.1, 0.15) is 38.3 Å². The molecule has 2 aromatic carbocycles. The van der Waals surface area contributed by atoms with Crippen molar-refractivity contribution >= 4 is 50.7 Å². The third-order valence-corrected chi connectivity index (χ3v) is 9.13. The van der Waals surface area contributed by atoms with Gasteiger partial charge in [-0.05, 0) is 48.6 Å². The molecule has 3 heterocycles. The number of sulfonamides is 1. The van der Waals surface area contributed by atoms with E-state index in [0.29, 0.717) is 36.2 Å². The highest BCUT2D eigenvalue weighted by molar-refractivity contribution is 7.89. The Labute approximate surface area is 218 Å². The van der Waals surface area contributed by atoms with Crippen LogP contribution in [0, 0.1) is 5.92 Å². The van der Waals surface area contributed by atoms with E-state index in [4.69, 9.17) is 21.1 Å². The lowest BCUT2D eigenvalue weighted by Crippen LogP contribution is -2.28. The molecule has 1 fully saturated rings. The molecule has 3 N–H and O–H groups in total. The molecule has 2 aliphatic rings. The van der Waals surface area contributed by atoms with Gasteiger partial charge in [-0.15, -0.1) is 0 Å². The van der Waals surface area contributed by atoms with E-state index < -0.39 is 15.8 Å². The van der Waals surface area contributed by atoms with Crippen LogP contribution in [0.2, 0.25) is 5.02 Å². The highest BCUT2D eigenvalue weighted by atomic mass is 35.5. The Morgan fingerprint density at radius 1 is 1.08 bits per heavy atom. The van der Waals surface area contributed by atoms with Gasteiger partial charge in [0, 0.05) is 13.1 Å². The number of aromatic hydroxyl groups is 1. The molecule has 10 nitrogen and oxygen atoms in total. The summed E-state index contributed by atoms with van der Waals surface area (Å²) in [5.41, 5.74) is 1.15. The van der Waals surface area contributed by atoms with Crippen molar-refractivity contribution in [1.29, 1.82) is 0 Å². The Hall–Kier alpha value is -2.80. The number of rotatable bonds is 8. The molecule has 36 heavy (non-hydrogen) atoms. The van der Waals surface area contributed by atoms with Gasteiger partial charge in [0.25, 0.3) is 0 Å². The van der Waals surface area contributed by atoms with Gasteiger partial charge in [-0.3, -0.25) is 0 Å². The van der Waals surface area contributed by atoms with Crippen LogP contribution in [0.4, 0.5) is 17.3 Å². The molecule has 1 aromatic heterocycles. The van der Waals surface area contributed by atoms with Crippen LogP contribution >= 0.6 is 23.3 Å². The smallest absolute Gasteiger partial charge is 0.248 e. The number of anilines is 3. The number of nitrogens with zero attached hydrogens (tertiary/aromatic N) is 3. The summed E-state index contributed by atoms with van der Waals surface area (Å²) in [6.45, 7) is 5.15. The normalized spacial score (nSPS) is 16.4. The topological polar surface area (TPSA) is 126 Å². The second-order valence-corrected chi connectivity index (χ2v) is 11.8. The Bertz CT molecular complexity index is 1380. The number of aromatic nitrogens is 2. The zero-order valence-electron chi connectivity index (χ0n) is 19.7. The van der Waals surface area contributed by atoms with E-state index in [1.165, 1.54) is 16.4 Å². The summed E-state index contributed by atoms with van der Waals surface area (Å²) in [6.07, 6.45) is 1.55. The molecule has 192 valence electrons. The average molecular weight is 552 g/mol. The Morgan fingerprint density at radius 3 is 2.56 bits per heavy atom. The summed E-state index contributed by atoms with van der Waals surface area (Å²) in [5.74, 6) is 1.94. The van der Waals surface area contributed by atoms with E-state index in [0.717, 1.165) is 30.1 Å². The summed E-state index contributed by atoms with van der Waals surface area (Å²) >= 11 is 7.23. The number of ether oxygens (including phenoxy) is 2. The minimum Gasteiger partial charge on any atom is -0.504 e. The van der Waals surface area contributed by atoms with Gasteiger partial charge in [0.1, 0.15) is 4.90 Å². The Balaban J connectivity index is 1.42. The van der Waals surface area contributed by atoms with Gasteiger partial charge in [0.15, 0.2) is 28.9 Å². The molecule has 3 aromatic rings. The van der Waals surface area contributed by atoms with Crippen molar-refractivity contribution in [1.82, 2.24) is 13.1 Å². The second-order valence-electron chi connectivity index (χ2n) is 8.95. The summed E-state index contributed by atoms with van der Waals surface area (Å²) in [7, 11) is -3.94. The van der Waals surface area contributed by atoms with Crippen LogP contribution in [0.5, 0.6) is 17.2 Å². The predicted molar refractivity (Wildman–Crippen MR) is 138 cm³/mol. The van der Waals surface area contributed by atoms with Crippen LogP contribution in [-0.4, -0.2) is 46.5 Å². The summed E-state index contributed by atoms with van der Waals surface area (Å²) in [5, 5.41) is 17.4. The first-order valence-electron chi connectivity index (χ1n) is 11.5. The van der Waals surface area contributed by atoms with Crippen molar-refractivity contribution in [3.05, 3.63) is 40.9 Å². The van der Waals surface area contributed by atoms with Gasteiger partial charge >= 0.3 is 0 Å². The van der Waals surface area contributed by atoms with E-state index in [1.54, 1.807) is 0 Å². The molecule has 0 unspecified atom stereocenters. The van der Waals surface area contributed by atoms with Crippen molar-refractivity contribution in [2.45, 2.75) is 37.6 Å². The van der Waals surface area contributed by atoms with Gasteiger partial charge in [-0.2, -0.15) is 13.1 Å². The first-order valence-corrected chi connectivity index (χ1v) is 14.1. The Morgan fingerprint density at radius 2 is 1.81 bits per heavy atom. The van der Waals surface area contributed by atoms with Crippen LogP contribution in [0.3, 0.4) is 0 Å². The SMILES string of the molecule is CC(C)[C@@H](Nc1nsnc1Nc1ccc(Cl)c(S(=O)(=O)N2CCCC2)c1O)c1ccc2c(c1)OCO2. The number of benzene rings is 2. The van der Waals surface area contributed by atoms with Crippen molar-refractivity contribution < 1.29 is 23.0 Å². The summed E-state index contributed by atoms with van der Waals surface area (Å²) < 4.78 is 47.3. The highest BCUT2D eigenvalue weighted by Gasteiger charge is 2.33. The van der Waals surface area contributed by atoms with E-state index >= 15 is 0 Å². The lowest BCUT2D eigenvalue weighted by molar-refractivity contribution is 0.174. The average Bonchev–Trinajstić information content (AvgIpc) is 3.61. The number of nitrogens with one attached hydrogen (secondary N) is 2. The number of halogens is 1.